The van der Waals surface area contributed by atoms with Gasteiger partial charge in [-0.1, -0.05) is 126 Å². The number of esters is 1. The Kier molecular flexibility index (Phi) is 25.8. The average molecular weight is 547 g/mol. The quantitative estimate of drug-likeness (QED) is 0.0539. The first-order valence-corrected chi connectivity index (χ1v) is 15.0. The normalized spacial score (nSPS) is 10.8. The molecule has 0 radical (unpaired) electrons. The van der Waals surface area contributed by atoms with Gasteiger partial charge in [0.25, 0.3) is 0 Å². The fourth-order valence-electron chi connectivity index (χ4n) is 3.74. The van der Waals surface area contributed by atoms with E-state index in [2.05, 4.69) is 34.7 Å². The largest absolute Gasteiger partial charge is 0.461 e. The SMILES string of the molecule is C=C(COC(=O)CCCCCCCBr)COC(=O)NCCCCCCCCCCCCCCC. The molecule has 0 saturated heterocycles. The first-order chi connectivity index (χ1) is 16.6. The number of hydrogen-bond donors (Lipinski definition) is 1. The van der Waals surface area contributed by atoms with Crippen LogP contribution >= 0.6 is 15.9 Å². The van der Waals surface area contributed by atoms with Gasteiger partial charge in [-0.05, 0) is 24.8 Å². The van der Waals surface area contributed by atoms with E-state index in [1.165, 1.54) is 83.5 Å². The highest BCUT2D eigenvalue weighted by Gasteiger charge is 2.07. The van der Waals surface area contributed by atoms with Crippen molar-refractivity contribution in [3.63, 3.8) is 0 Å². The molecule has 0 aromatic heterocycles. The fourth-order valence-corrected chi connectivity index (χ4v) is 4.14. The van der Waals surface area contributed by atoms with Crippen molar-refractivity contribution >= 4 is 28.0 Å². The summed E-state index contributed by atoms with van der Waals surface area (Å²) in [5.74, 6) is -0.214. The number of hydrogen-bond acceptors (Lipinski definition) is 4. The Balaban J connectivity index is 3.40. The van der Waals surface area contributed by atoms with Crippen molar-refractivity contribution in [2.75, 3.05) is 25.1 Å². The van der Waals surface area contributed by atoms with Crippen molar-refractivity contribution in [3.05, 3.63) is 12.2 Å². The number of carbonyl (C=O) groups is 2. The highest BCUT2D eigenvalue weighted by molar-refractivity contribution is 9.09. The van der Waals surface area contributed by atoms with E-state index in [4.69, 9.17) is 9.47 Å². The Bertz CT molecular complexity index is 499. The molecule has 0 aromatic rings. The van der Waals surface area contributed by atoms with Gasteiger partial charge >= 0.3 is 12.1 Å². The molecule has 0 heterocycles. The van der Waals surface area contributed by atoms with E-state index in [1.54, 1.807) is 0 Å². The maximum Gasteiger partial charge on any atom is 0.407 e. The second-order valence-corrected chi connectivity index (χ2v) is 10.2. The molecule has 0 spiro atoms. The molecule has 0 aliphatic rings. The molecule has 0 atom stereocenters. The standard InChI is InChI=1S/C28H52BrNO4/c1-3-4-5-6-7-8-9-10-11-12-13-17-20-23-30-28(32)34-25-26(2)24-33-27(31)21-18-15-14-16-19-22-29/h2-25H2,1H3,(H,30,32). The van der Waals surface area contributed by atoms with Gasteiger partial charge in [0.2, 0.25) is 0 Å². The third-order valence-electron chi connectivity index (χ3n) is 5.91. The van der Waals surface area contributed by atoms with Crippen molar-refractivity contribution < 1.29 is 19.1 Å². The molecular formula is C28H52BrNO4. The molecule has 0 unspecified atom stereocenters. The maximum absolute atomic E-state index is 11.8. The molecule has 5 nitrogen and oxygen atoms in total. The van der Waals surface area contributed by atoms with Crippen LogP contribution in [0.25, 0.3) is 0 Å². The highest BCUT2D eigenvalue weighted by Crippen LogP contribution is 2.12. The van der Waals surface area contributed by atoms with Crippen molar-refractivity contribution in [1.82, 2.24) is 5.32 Å². The minimum Gasteiger partial charge on any atom is -0.461 e. The van der Waals surface area contributed by atoms with Crippen LogP contribution in [0.2, 0.25) is 0 Å². The number of halogens is 1. The Hall–Kier alpha value is -1.04. The van der Waals surface area contributed by atoms with Crippen LogP contribution in [-0.4, -0.2) is 37.2 Å². The van der Waals surface area contributed by atoms with Gasteiger partial charge in [-0.2, -0.15) is 0 Å². The molecule has 0 saturated carbocycles. The summed E-state index contributed by atoms with van der Waals surface area (Å²) in [6, 6.07) is 0. The fraction of sp³-hybridized carbons (Fsp3) is 0.857. The van der Waals surface area contributed by atoms with Crippen LogP contribution < -0.4 is 5.32 Å². The lowest BCUT2D eigenvalue weighted by Crippen LogP contribution is -2.26. The number of unbranched alkanes of at least 4 members (excludes halogenated alkanes) is 16. The molecule has 1 amide bonds. The second-order valence-electron chi connectivity index (χ2n) is 9.36. The Morgan fingerprint density at radius 1 is 0.676 bits per heavy atom. The third kappa shape index (κ3) is 25.6. The molecule has 0 aliphatic heterocycles. The number of alkyl halides is 1. The smallest absolute Gasteiger partial charge is 0.407 e. The van der Waals surface area contributed by atoms with Gasteiger partial charge in [0, 0.05) is 18.3 Å². The molecule has 6 heteroatoms. The van der Waals surface area contributed by atoms with Gasteiger partial charge in [0.1, 0.15) is 13.2 Å². The predicted molar refractivity (Wildman–Crippen MR) is 147 cm³/mol. The van der Waals surface area contributed by atoms with Gasteiger partial charge in [0.05, 0.1) is 0 Å². The van der Waals surface area contributed by atoms with Crippen LogP contribution in [0.15, 0.2) is 12.2 Å². The summed E-state index contributed by atoms with van der Waals surface area (Å²) < 4.78 is 10.3. The number of carbonyl (C=O) groups excluding carboxylic acids is 2. The van der Waals surface area contributed by atoms with Crippen LogP contribution in [0.5, 0.6) is 0 Å². The number of alkyl carbamates (subject to hydrolysis) is 1. The zero-order valence-electron chi connectivity index (χ0n) is 22.0. The number of nitrogens with one attached hydrogen (secondary N) is 1. The second kappa shape index (κ2) is 26.6. The van der Waals surface area contributed by atoms with Crippen LogP contribution in [0.3, 0.4) is 0 Å². The van der Waals surface area contributed by atoms with E-state index in [-0.39, 0.29) is 19.2 Å². The van der Waals surface area contributed by atoms with Crippen molar-refractivity contribution in [1.29, 1.82) is 0 Å². The average Bonchev–Trinajstić information content (AvgIpc) is 2.83. The van der Waals surface area contributed by atoms with Gasteiger partial charge in [0.15, 0.2) is 0 Å². The Morgan fingerprint density at radius 3 is 1.71 bits per heavy atom. The summed E-state index contributed by atoms with van der Waals surface area (Å²) in [5.41, 5.74) is 0.585. The minimum atomic E-state index is -0.435. The van der Waals surface area contributed by atoms with Gasteiger partial charge in [-0.3, -0.25) is 4.79 Å². The zero-order chi connectivity index (χ0) is 25.1. The monoisotopic (exact) mass is 545 g/mol. The topological polar surface area (TPSA) is 64.6 Å². The van der Waals surface area contributed by atoms with Gasteiger partial charge in [-0.25, -0.2) is 4.79 Å². The lowest BCUT2D eigenvalue weighted by atomic mass is 10.0. The Morgan fingerprint density at radius 2 is 1.15 bits per heavy atom. The van der Waals surface area contributed by atoms with E-state index in [1.807, 2.05) is 0 Å². The maximum atomic E-state index is 11.8. The first kappa shape index (κ1) is 33.0. The lowest BCUT2D eigenvalue weighted by Gasteiger charge is -2.10. The summed E-state index contributed by atoms with van der Waals surface area (Å²) >= 11 is 3.42. The van der Waals surface area contributed by atoms with E-state index >= 15 is 0 Å². The summed E-state index contributed by atoms with van der Waals surface area (Å²) in [4.78, 5) is 23.5. The Labute approximate surface area is 218 Å². The summed E-state index contributed by atoms with van der Waals surface area (Å²) in [7, 11) is 0. The van der Waals surface area contributed by atoms with Crippen LogP contribution in [-0.2, 0) is 14.3 Å². The van der Waals surface area contributed by atoms with Crippen LogP contribution in [0.4, 0.5) is 4.79 Å². The van der Waals surface area contributed by atoms with Gasteiger partial charge < -0.3 is 14.8 Å². The lowest BCUT2D eigenvalue weighted by molar-refractivity contribution is -0.142. The van der Waals surface area contributed by atoms with E-state index in [0.717, 1.165) is 37.4 Å². The number of ether oxygens (including phenoxy) is 2. The summed E-state index contributed by atoms with van der Waals surface area (Å²) in [6.45, 7) is 6.89. The minimum absolute atomic E-state index is 0.0737. The predicted octanol–water partition coefficient (Wildman–Crippen LogP) is 8.64. The molecule has 0 fully saturated rings. The van der Waals surface area contributed by atoms with Crippen LogP contribution in [0, 0.1) is 0 Å². The molecule has 0 aromatic carbocycles. The van der Waals surface area contributed by atoms with Crippen LogP contribution in [0.1, 0.15) is 129 Å². The molecule has 0 rings (SSSR count). The van der Waals surface area contributed by atoms with Crippen molar-refractivity contribution in [3.8, 4) is 0 Å². The molecular weight excluding hydrogens is 494 g/mol. The van der Waals surface area contributed by atoms with Crippen molar-refractivity contribution in [2.45, 2.75) is 129 Å². The van der Waals surface area contributed by atoms with E-state index in [0.29, 0.717) is 18.5 Å². The third-order valence-corrected chi connectivity index (χ3v) is 6.47. The first-order valence-electron chi connectivity index (χ1n) is 13.9. The molecule has 0 bridgehead atoms. The zero-order valence-corrected chi connectivity index (χ0v) is 23.6. The molecule has 34 heavy (non-hydrogen) atoms. The van der Waals surface area contributed by atoms with Gasteiger partial charge in [-0.15, -0.1) is 0 Å². The van der Waals surface area contributed by atoms with Crippen molar-refractivity contribution in [2.24, 2.45) is 0 Å². The molecule has 1 N–H and O–H groups in total. The van der Waals surface area contributed by atoms with E-state index < -0.39 is 6.09 Å². The molecule has 200 valence electrons. The number of rotatable bonds is 25. The summed E-state index contributed by atoms with van der Waals surface area (Å²) in [5, 5.41) is 3.82. The highest BCUT2D eigenvalue weighted by atomic mass is 79.9. The van der Waals surface area contributed by atoms with E-state index in [9.17, 15) is 9.59 Å². The molecule has 0 aliphatic carbocycles. The summed E-state index contributed by atoms with van der Waals surface area (Å²) in [6.07, 6.45) is 22.4. The number of amides is 1.